The van der Waals surface area contributed by atoms with Crippen molar-refractivity contribution in [2.24, 2.45) is 0 Å². The number of H-pyrrole nitrogens is 1. The molecule has 136 valence electrons. The molecule has 4 rings (SSSR count). The molecule has 0 radical (unpaired) electrons. The number of aromatic nitrogens is 2. The van der Waals surface area contributed by atoms with Gasteiger partial charge in [0.1, 0.15) is 5.60 Å². The van der Waals surface area contributed by atoms with Crippen LogP contribution in [0.2, 0.25) is 0 Å². The normalized spacial score (nSPS) is 22.6. The van der Waals surface area contributed by atoms with E-state index in [-0.39, 0.29) is 12.1 Å². The highest BCUT2D eigenvalue weighted by Crippen LogP contribution is 2.31. The van der Waals surface area contributed by atoms with Crippen LogP contribution in [-0.2, 0) is 4.74 Å². The second-order valence-corrected chi connectivity index (χ2v) is 6.91. The van der Waals surface area contributed by atoms with E-state index >= 15 is 0 Å². The fourth-order valence-electron chi connectivity index (χ4n) is 3.63. The number of likely N-dealkylation sites (N-methyl/N-ethyl adjacent to an activating group) is 1. The third-order valence-corrected chi connectivity index (χ3v) is 4.92. The van der Waals surface area contributed by atoms with Gasteiger partial charge in [-0.2, -0.15) is 5.10 Å². The number of aromatic amines is 1. The molecule has 2 aromatic rings. The second-order valence-electron chi connectivity index (χ2n) is 6.91. The highest BCUT2D eigenvalue weighted by atomic mass is 16.6. The second kappa shape index (κ2) is 6.36. The van der Waals surface area contributed by atoms with Gasteiger partial charge in [-0.25, -0.2) is 9.59 Å². The molecule has 2 aliphatic rings. The van der Waals surface area contributed by atoms with E-state index in [1.54, 1.807) is 23.0 Å². The minimum Gasteiger partial charge on any atom is -0.439 e. The number of benzene rings is 1. The number of likely N-dealkylation sites (tertiary alicyclic amines) is 1. The lowest BCUT2D eigenvalue weighted by atomic mass is 9.93. The summed E-state index contributed by atoms with van der Waals surface area (Å²) in [7, 11) is 1.72. The molecule has 1 atom stereocenters. The summed E-state index contributed by atoms with van der Waals surface area (Å²) in [6.45, 7) is 1.59. The third-order valence-electron chi connectivity index (χ3n) is 4.92. The molecule has 2 aliphatic heterocycles. The van der Waals surface area contributed by atoms with Crippen LogP contribution in [0.15, 0.2) is 36.5 Å². The van der Waals surface area contributed by atoms with E-state index in [9.17, 15) is 9.59 Å². The van der Waals surface area contributed by atoms with E-state index in [1.807, 2.05) is 30.3 Å². The zero-order chi connectivity index (χ0) is 18.1. The summed E-state index contributed by atoms with van der Waals surface area (Å²) < 4.78 is 5.55. The molecule has 26 heavy (non-hydrogen) atoms. The smallest absolute Gasteiger partial charge is 0.410 e. The molecule has 3 amide bonds. The van der Waals surface area contributed by atoms with Crippen molar-refractivity contribution in [1.82, 2.24) is 20.0 Å². The Labute approximate surface area is 151 Å². The predicted molar refractivity (Wildman–Crippen MR) is 95.7 cm³/mol. The number of rotatable bonds is 2. The van der Waals surface area contributed by atoms with Crippen LogP contribution >= 0.6 is 0 Å². The fraction of sp³-hybridized carbons (Fsp3) is 0.389. The van der Waals surface area contributed by atoms with Crippen molar-refractivity contribution in [2.45, 2.75) is 18.4 Å². The molecule has 1 spiro atoms. The number of amides is 3. The predicted octanol–water partition coefficient (Wildman–Crippen LogP) is 2.53. The quantitative estimate of drug-likeness (QED) is 0.866. The van der Waals surface area contributed by atoms with Gasteiger partial charge in [-0.15, -0.1) is 0 Å². The molecule has 8 heteroatoms. The summed E-state index contributed by atoms with van der Waals surface area (Å²) in [5, 5.41) is 9.76. The minimum atomic E-state index is -0.577. The summed E-state index contributed by atoms with van der Waals surface area (Å²) in [6, 6.07) is 9.28. The van der Waals surface area contributed by atoms with E-state index < -0.39 is 5.60 Å². The SMILES string of the molecule is CN1C[C@]2(CCCN(C(=O)Nc3ccc(-c4ccn[nH]4)cc3)C2)OC1=O. The van der Waals surface area contributed by atoms with E-state index in [1.165, 1.54) is 0 Å². The van der Waals surface area contributed by atoms with Gasteiger partial charge < -0.3 is 19.9 Å². The number of carbonyl (C=O) groups excluding carboxylic acids is 2. The number of piperidine rings is 1. The molecular weight excluding hydrogens is 334 g/mol. The molecule has 2 fully saturated rings. The summed E-state index contributed by atoms with van der Waals surface area (Å²) >= 11 is 0. The average molecular weight is 355 g/mol. The number of anilines is 1. The molecule has 0 bridgehead atoms. The lowest BCUT2D eigenvalue weighted by molar-refractivity contribution is 0.00497. The fourth-order valence-corrected chi connectivity index (χ4v) is 3.63. The minimum absolute atomic E-state index is 0.177. The van der Waals surface area contributed by atoms with E-state index in [2.05, 4.69) is 15.5 Å². The van der Waals surface area contributed by atoms with Gasteiger partial charge in [0.05, 0.1) is 18.8 Å². The van der Waals surface area contributed by atoms with Gasteiger partial charge in [0.2, 0.25) is 0 Å². The summed E-state index contributed by atoms with van der Waals surface area (Å²) in [5.74, 6) is 0. The summed E-state index contributed by atoms with van der Waals surface area (Å²) in [6.07, 6.45) is 2.98. The highest BCUT2D eigenvalue weighted by molar-refractivity contribution is 5.89. The Bertz CT molecular complexity index is 805. The molecule has 1 aromatic heterocycles. The van der Waals surface area contributed by atoms with E-state index in [0.717, 1.165) is 29.8 Å². The van der Waals surface area contributed by atoms with Gasteiger partial charge in [-0.1, -0.05) is 12.1 Å². The number of hydrogen-bond acceptors (Lipinski definition) is 4. The average Bonchev–Trinajstić information content (AvgIpc) is 3.25. The van der Waals surface area contributed by atoms with Crippen molar-refractivity contribution < 1.29 is 14.3 Å². The van der Waals surface area contributed by atoms with Crippen molar-refractivity contribution in [1.29, 1.82) is 0 Å². The van der Waals surface area contributed by atoms with Crippen molar-refractivity contribution >= 4 is 17.8 Å². The molecule has 3 heterocycles. The molecule has 8 nitrogen and oxygen atoms in total. The topological polar surface area (TPSA) is 90.6 Å². The maximum absolute atomic E-state index is 12.6. The lowest BCUT2D eigenvalue weighted by Crippen LogP contribution is -2.53. The van der Waals surface area contributed by atoms with E-state index in [0.29, 0.717) is 19.6 Å². The van der Waals surface area contributed by atoms with Crippen LogP contribution < -0.4 is 5.32 Å². The van der Waals surface area contributed by atoms with Gasteiger partial charge in [-0.05, 0) is 36.6 Å². The Kier molecular flexibility index (Phi) is 4.02. The van der Waals surface area contributed by atoms with Crippen LogP contribution in [0.25, 0.3) is 11.3 Å². The number of nitrogens with one attached hydrogen (secondary N) is 2. The lowest BCUT2D eigenvalue weighted by Gasteiger charge is -2.38. The van der Waals surface area contributed by atoms with Gasteiger partial charge in [0, 0.05) is 25.5 Å². The van der Waals surface area contributed by atoms with Crippen molar-refractivity contribution in [3.63, 3.8) is 0 Å². The highest BCUT2D eigenvalue weighted by Gasteiger charge is 2.47. The molecule has 0 unspecified atom stereocenters. The maximum Gasteiger partial charge on any atom is 0.410 e. The Morgan fingerprint density at radius 2 is 2.08 bits per heavy atom. The van der Waals surface area contributed by atoms with Crippen LogP contribution in [0, 0.1) is 0 Å². The molecule has 1 aromatic carbocycles. The maximum atomic E-state index is 12.6. The van der Waals surface area contributed by atoms with E-state index in [4.69, 9.17) is 4.74 Å². The van der Waals surface area contributed by atoms with Crippen LogP contribution in [0.5, 0.6) is 0 Å². The number of carbonyl (C=O) groups is 2. The van der Waals surface area contributed by atoms with Gasteiger partial charge >= 0.3 is 12.1 Å². The molecule has 2 N–H and O–H groups in total. The monoisotopic (exact) mass is 355 g/mol. The molecule has 2 saturated heterocycles. The Morgan fingerprint density at radius 1 is 1.27 bits per heavy atom. The molecular formula is C18H21N5O3. The van der Waals surface area contributed by atoms with Crippen LogP contribution in [-0.4, -0.2) is 64.4 Å². The first-order valence-corrected chi connectivity index (χ1v) is 8.65. The number of nitrogens with zero attached hydrogens (tertiary/aromatic N) is 3. The molecule has 0 aliphatic carbocycles. The number of hydrogen-bond donors (Lipinski definition) is 2. The Balaban J connectivity index is 1.41. The Hall–Kier alpha value is -3.03. The van der Waals surface area contributed by atoms with Crippen molar-refractivity contribution in [3.05, 3.63) is 36.5 Å². The molecule has 0 saturated carbocycles. The van der Waals surface area contributed by atoms with Crippen molar-refractivity contribution in [2.75, 3.05) is 32.0 Å². The summed E-state index contributed by atoms with van der Waals surface area (Å²) in [5.41, 5.74) is 2.07. The Morgan fingerprint density at radius 3 is 2.73 bits per heavy atom. The largest absolute Gasteiger partial charge is 0.439 e. The van der Waals surface area contributed by atoms with Crippen molar-refractivity contribution in [3.8, 4) is 11.3 Å². The van der Waals surface area contributed by atoms with Crippen LogP contribution in [0.1, 0.15) is 12.8 Å². The number of urea groups is 1. The first-order chi connectivity index (χ1) is 12.5. The zero-order valence-corrected chi connectivity index (χ0v) is 14.6. The first kappa shape index (κ1) is 16.4. The van der Waals surface area contributed by atoms with Crippen LogP contribution in [0.3, 0.4) is 0 Å². The standard InChI is InChI=1S/C18H21N5O3/c1-22-11-18(26-17(22)25)8-2-10-23(12-18)16(24)20-14-5-3-13(4-6-14)15-7-9-19-21-15/h3-7,9H,2,8,10-12H2,1H3,(H,19,21)(H,20,24)/t18-/m0/s1. The first-order valence-electron chi connectivity index (χ1n) is 8.65. The third kappa shape index (κ3) is 3.10. The van der Waals surface area contributed by atoms with Crippen LogP contribution in [0.4, 0.5) is 15.3 Å². The zero-order valence-electron chi connectivity index (χ0n) is 14.6. The van der Waals surface area contributed by atoms with Gasteiger partial charge in [0.25, 0.3) is 0 Å². The number of ether oxygens (including phenoxy) is 1. The summed E-state index contributed by atoms with van der Waals surface area (Å²) in [4.78, 5) is 27.6. The van der Waals surface area contributed by atoms with Gasteiger partial charge in [0.15, 0.2) is 0 Å². The van der Waals surface area contributed by atoms with Gasteiger partial charge in [-0.3, -0.25) is 5.10 Å².